The summed E-state index contributed by atoms with van der Waals surface area (Å²) < 4.78 is 4.59. The first kappa shape index (κ1) is 24.6. The first-order valence-corrected chi connectivity index (χ1v) is 7.87. The van der Waals surface area contributed by atoms with E-state index in [0.29, 0.717) is 6.42 Å². The lowest BCUT2D eigenvalue weighted by molar-refractivity contribution is -0.263. The Bertz CT molecular complexity index is 603. The lowest BCUT2D eigenvalue weighted by Gasteiger charge is -2.10. The van der Waals surface area contributed by atoms with Gasteiger partial charge in [-0.25, -0.2) is 38.7 Å². The lowest BCUT2D eigenvalue weighted by atomic mass is 10.2. The van der Waals surface area contributed by atoms with Crippen LogP contribution in [-0.2, 0) is 48.3 Å². The molecule has 0 saturated heterocycles. The lowest BCUT2D eigenvalue weighted by Crippen LogP contribution is -2.34. The predicted molar refractivity (Wildman–Crippen MR) is 88.1 cm³/mol. The highest BCUT2D eigenvalue weighted by molar-refractivity contribution is 5.80. The second-order valence-corrected chi connectivity index (χ2v) is 5.10. The van der Waals surface area contributed by atoms with Crippen molar-refractivity contribution in [3.63, 3.8) is 0 Å². The SMILES string of the molecule is CC(=O)OOC(=O)CCC(=O)OOC(=O)COC(=O)C(N)CCCN=C(N)N. The molecule has 14 nitrogen and oxygen atoms in total. The monoisotopic (exact) mass is 406 g/mol. The summed E-state index contributed by atoms with van der Waals surface area (Å²) in [7, 11) is 0. The molecule has 0 aromatic carbocycles. The van der Waals surface area contributed by atoms with Crippen LogP contribution in [-0.4, -0.2) is 55.0 Å². The molecule has 0 amide bonds. The molecule has 1 unspecified atom stereocenters. The third-order valence-corrected chi connectivity index (χ3v) is 2.62. The largest absolute Gasteiger partial charge is 0.452 e. The van der Waals surface area contributed by atoms with Crippen molar-refractivity contribution in [2.24, 2.45) is 22.2 Å². The molecular weight excluding hydrogens is 384 g/mol. The summed E-state index contributed by atoms with van der Waals surface area (Å²) >= 11 is 0. The van der Waals surface area contributed by atoms with Crippen LogP contribution < -0.4 is 17.2 Å². The molecule has 0 aromatic heterocycles. The minimum atomic E-state index is -1.18. The van der Waals surface area contributed by atoms with Gasteiger partial charge in [0.1, 0.15) is 6.04 Å². The van der Waals surface area contributed by atoms with E-state index in [9.17, 15) is 24.0 Å². The van der Waals surface area contributed by atoms with Crippen LogP contribution in [0.15, 0.2) is 4.99 Å². The van der Waals surface area contributed by atoms with Crippen LogP contribution in [0, 0.1) is 0 Å². The van der Waals surface area contributed by atoms with Crippen molar-refractivity contribution >= 4 is 35.8 Å². The van der Waals surface area contributed by atoms with Crippen LogP contribution >= 0.6 is 0 Å². The molecule has 1 atom stereocenters. The second-order valence-electron chi connectivity index (χ2n) is 5.10. The second kappa shape index (κ2) is 13.7. The van der Waals surface area contributed by atoms with Gasteiger partial charge >= 0.3 is 29.8 Å². The van der Waals surface area contributed by atoms with Crippen molar-refractivity contribution < 1.29 is 48.3 Å². The summed E-state index contributed by atoms with van der Waals surface area (Å²) in [6.45, 7) is 0.436. The Morgan fingerprint density at radius 1 is 0.893 bits per heavy atom. The minimum Gasteiger partial charge on any atom is -0.452 e. The maximum Gasteiger partial charge on any atom is 0.392 e. The molecule has 14 heteroatoms. The van der Waals surface area contributed by atoms with E-state index in [2.05, 4.69) is 29.3 Å². The van der Waals surface area contributed by atoms with Crippen LogP contribution in [0.4, 0.5) is 0 Å². The van der Waals surface area contributed by atoms with Gasteiger partial charge in [-0.2, -0.15) is 0 Å². The number of nitrogens with two attached hydrogens (primary N) is 3. The van der Waals surface area contributed by atoms with Crippen molar-refractivity contribution in [1.82, 2.24) is 0 Å². The van der Waals surface area contributed by atoms with Crippen LogP contribution in [0.1, 0.15) is 32.6 Å². The Kier molecular flexibility index (Phi) is 12.1. The first-order chi connectivity index (χ1) is 13.1. The number of guanidine groups is 1. The normalized spacial score (nSPS) is 10.8. The van der Waals surface area contributed by atoms with E-state index < -0.39 is 55.3 Å². The number of rotatable bonds is 10. The van der Waals surface area contributed by atoms with Gasteiger partial charge in [-0.05, 0) is 12.8 Å². The highest BCUT2D eigenvalue weighted by Crippen LogP contribution is 2.00. The molecular formula is C14H22N4O10. The van der Waals surface area contributed by atoms with Crippen LogP contribution in [0.5, 0.6) is 0 Å². The Morgan fingerprint density at radius 2 is 1.43 bits per heavy atom. The summed E-state index contributed by atoms with van der Waals surface area (Å²) in [5, 5.41) is 0. The van der Waals surface area contributed by atoms with Gasteiger partial charge in [0.15, 0.2) is 12.6 Å². The van der Waals surface area contributed by atoms with E-state index in [0.717, 1.165) is 6.92 Å². The van der Waals surface area contributed by atoms with E-state index in [1.165, 1.54) is 0 Å². The summed E-state index contributed by atoms with van der Waals surface area (Å²) in [6, 6.07) is -1.01. The topological polar surface area (TPSA) is 222 Å². The number of carbonyl (C=O) groups is 5. The minimum absolute atomic E-state index is 0.0882. The highest BCUT2D eigenvalue weighted by atomic mass is 17.2. The Morgan fingerprint density at radius 3 is 1.96 bits per heavy atom. The average molecular weight is 406 g/mol. The standard InChI is InChI=1S/C14H22N4O10/c1-8(19)25-26-10(20)4-5-11(21)27-28-12(22)7-24-13(23)9(15)3-2-6-18-14(16)17/h9H,2-7,15H2,1H3,(H4,16,17,18). The van der Waals surface area contributed by atoms with E-state index in [4.69, 9.17) is 17.2 Å². The first-order valence-electron chi connectivity index (χ1n) is 7.87. The Balaban J connectivity index is 3.91. The zero-order chi connectivity index (χ0) is 21.5. The fraction of sp³-hybridized carbons (Fsp3) is 0.571. The van der Waals surface area contributed by atoms with Gasteiger partial charge in [-0.3, -0.25) is 9.79 Å². The molecule has 0 rings (SSSR count). The molecule has 0 aliphatic heterocycles. The van der Waals surface area contributed by atoms with Crippen LogP contribution in [0.25, 0.3) is 0 Å². The number of esters is 1. The summed E-state index contributed by atoms with van der Waals surface area (Å²) in [5.74, 6) is -5.10. The molecule has 0 radical (unpaired) electrons. The number of hydrogen-bond acceptors (Lipinski definition) is 12. The molecule has 0 bridgehead atoms. The molecule has 0 saturated carbocycles. The maximum atomic E-state index is 11.6. The molecule has 0 aromatic rings. The van der Waals surface area contributed by atoms with Gasteiger partial charge in [0.05, 0.1) is 12.8 Å². The Hall–Kier alpha value is -3.42. The quantitative estimate of drug-likeness (QED) is 0.0869. The highest BCUT2D eigenvalue weighted by Gasteiger charge is 2.18. The molecule has 0 aliphatic rings. The third-order valence-electron chi connectivity index (χ3n) is 2.62. The summed E-state index contributed by atoms with van der Waals surface area (Å²) in [6.07, 6.45) is -0.388. The van der Waals surface area contributed by atoms with Gasteiger partial charge in [-0.1, -0.05) is 0 Å². The number of hydrogen-bond donors (Lipinski definition) is 3. The Labute approximate surface area is 159 Å². The molecule has 0 heterocycles. The molecule has 0 fully saturated rings. The van der Waals surface area contributed by atoms with Crippen molar-refractivity contribution in [1.29, 1.82) is 0 Å². The van der Waals surface area contributed by atoms with E-state index in [-0.39, 0.29) is 18.9 Å². The third kappa shape index (κ3) is 13.8. The molecule has 0 spiro atoms. The predicted octanol–water partition coefficient (Wildman–Crippen LogP) is -2.29. The number of ether oxygens (including phenoxy) is 1. The zero-order valence-corrected chi connectivity index (χ0v) is 15.1. The summed E-state index contributed by atoms with van der Waals surface area (Å²) in [4.78, 5) is 75.5. The van der Waals surface area contributed by atoms with Crippen molar-refractivity contribution in [2.75, 3.05) is 13.2 Å². The van der Waals surface area contributed by atoms with E-state index in [1.54, 1.807) is 0 Å². The molecule has 6 N–H and O–H groups in total. The average Bonchev–Trinajstić information content (AvgIpc) is 2.63. The van der Waals surface area contributed by atoms with Crippen LogP contribution in [0.2, 0.25) is 0 Å². The van der Waals surface area contributed by atoms with Gasteiger partial charge in [0, 0.05) is 13.5 Å². The van der Waals surface area contributed by atoms with Gasteiger partial charge in [-0.15, -0.1) is 0 Å². The fourth-order valence-electron chi connectivity index (χ4n) is 1.38. The maximum absolute atomic E-state index is 11.6. The smallest absolute Gasteiger partial charge is 0.392 e. The van der Waals surface area contributed by atoms with E-state index in [1.807, 2.05) is 0 Å². The summed E-state index contributed by atoms with van der Waals surface area (Å²) in [5.41, 5.74) is 15.8. The number of carbonyl (C=O) groups excluding carboxylic acids is 5. The van der Waals surface area contributed by atoms with Gasteiger partial charge < -0.3 is 21.9 Å². The fourth-order valence-corrected chi connectivity index (χ4v) is 1.38. The van der Waals surface area contributed by atoms with Crippen molar-refractivity contribution in [3.05, 3.63) is 0 Å². The molecule has 158 valence electrons. The van der Waals surface area contributed by atoms with Crippen molar-refractivity contribution in [2.45, 2.75) is 38.6 Å². The van der Waals surface area contributed by atoms with Crippen LogP contribution in [0.3, 0.4) is 0 Å². The zero-order valence-electron chi connectivity index (χ0n) is 15.1. The number of aliphatic imine (C=N–C) groups is 1. The van der Waals surface area contributed by atoms with Gasteiger partial charge in [0.25, 0.3) is 0 Å². The molecule has 28 heavy (non-hydrogen) atoms. The van der Waals surface area contributed by atoms with Gasteiger partial charge in [0.2, 0.25) is 0 Å². The van der Waals surface area contributed by atoms with Crippen molar-refractivity contribution in [3.8, 4) is 0 Å². The number of nitrogens with zero attached hydrogens (tertiary/aromatic N) is 1. The molecule has 0 aliphatic carbocycles. The van der Waals surface area contributed by atoms with E-state index >= 15 is 0 Å².